The van der Waals surface area contributed by atoms with E-state index >= 15 is 0 Å². The molecule has 0 bridgehead atoms. The van der Waals surface area contributed by atoms with E-state index < -0.39 is 11.6 Å². The van der Waals surface area contributed by atoms with Gasteiger partial charge < -0.3 is 0 Å². The highest BCUT2D eigenvalue weighted by Gasteiger charge is 1.95. The number of halogens is 3. The number of benzene rings is 1. The molecule has 4 heteroatoms. The van der Waals surface area contributed by atoms with Gasteiger partial charge >= 0.3 is 0 Å². The Kier molecular flexibility index (Phi) is 3.77. The van der Waals surface area contributed by atoms with Crippen LogP contribution in [0.2, 0.25) is 5.02 Å². The van der Waals surface area contributed by atoms with Crippen LogP contribution in [0, 0.1) is 11.6 Å². The third kappa shape index (κ3) is 2.59. The van der Waals surface area contributed by atoms with E-state index in [1.807, 2.05) is 0 Å². The second-order valence-corrected chi connectivity index (χ2v) is 2.02. The molecule has 0 aromatic heterocycles. The van der Waals surface area contributed by atoms with Gasteiger partial charge in [0.2, 0.25) is 0 Å². The molecular formula is C6H6ClF2P. The van der Waals surface area contributed by atoms with Crippen LogP contribution in [0.15, 0.2) is 18.2 Å². The highest BCUT2D eigenvalue weighted by Crippen LogP contribution is 2.11. The lowest BCUT2D eigenvalue weighted by molar-refractivity contribution is 0.583. The topological polar surface area (TPSA) is 0 Å². The molecule has 0 spiro atoms. The fraction of sp³-hybridized carbons (Fsp3) is 0. The number of hydrogen-bond acceptors (Lipinski definition) is 0. The Balaban J connectivity index is 0.000000810. The van der Waals surface area contributed by atoms with Crippen LogP contribution < -0.4 is 0 Å². The van der Waals surface area contributed by atoms with E-state index in [9.17, 15) is 8.78 Å². The molecule has 1 atom stereocenters. The summed E-state index contributed by atoms with van der Waals surface area (Å²) in [5.74, 6) is -1.31. The largest absolute Gasteiger partial charge is 0.207 e. The van der Waals surface area contributed by atoms with Gasteiger partial charge in [-0.15, -0.1) is 0 Å². The first kappa shape index (κ1) is 9.80. The summed E-state index contributed by atoms with van der Waals surface area (Å²) in [5.41, 5.74) is 0. The fourth-order valence-corrected chi connectivity index (χ4v) is 0.729. The summed E-state index contributed by atoms with van der Waals surface area (Å²) in [4.78, 5) is 0. The van der Waals surface area contributed by atoms with Gasteiger partial charge in [-0.3, -0.25) is 0 Å². The SMILES string of the molecule is Fc1cc(F)cc(Cl)c1.P. The van der Waals surface area contributed by atoms with Crippen molar-refractivity contribution in [3.8, 4) is 0 Å². The third-order valence-electron chi connectivity index (χ3n) is 0.827. The van der Waals surface area contributed by atoms with Crippen LogP contribution in [-0.2, 0) is 0 Å². The molecule has 0 fully saturated rings. The molecule has 0 aliphatic rings. The molecule has 10 heavy (non-hydrogen) atoms. The third-order valence-corrected chi connectivity index (χ3v) is 1.05. The second kappa shape index (κ2) is 3.85. The molecule has 1 rings (SSSR count). The van der Waals surface area contributed by atoms with Crippen LogP contribution in [0.1, 0.15) is 0 Å². The normalized spacial score (nSPS) is 8.70. The monoisotopic (exact) mass is 182 g/mol. The average molecular weight is 183 g/mol. The maximum Gasteiger partial charge on any atom is 0.127 e. The quantitative estimate of drug-likeness (QED) is 0.541. The van der Waals surface area contributed by atoms with Gasteiger partial charge in [0, 0.05) is 11.1 Å². The summed E-state index contributed by atoms with van der Waals surface area (Å²) < 4.78 is 24.2. The maximum absolute atomic E-state index is 12.1. The van der Waals surface area contributed by atoms with Crippen LogP contribution in [0.25, 0.3) is 0 Å². The van der Waals surface area contributed by atoms with Gasteiger partial charge in [-0.25, -0.2) is 8.78 Å². The summed E-state index contributed by atoms with van der Waals surface area (Å²) in [6.45, 7) is 0. The summed E-state index contributed by atoms with van der Waals surface area (Å²) in [5, 5.41) is 0.0764. The van der Waals surface area contributed by atoms with Crippen molar-refractivity contribution in [3.05, 3.63) is 34.9 Å². The van der Waals surface area contributed by atoms with E-state index in [1.54, 1.807) is 0 Å². The van der Waals surface area contributed by atoms with Gasteiger partial charge in [-0.05, 0) is 12.1 Å². The highest BCUT2D eigenvalue weighted by atomic mass is 35.5. The van der Waals surface area contributed by atoms with E-state index in [0.717, 1.165) is 18.2 Å². The Hall–Kier alpha value is -0.200. The molecule has 0 N–H and O–H groups in total. The molecule has 0 nitrogen and oxygen atoms in total. The summed E-state index contributed by atoms with van der Waals surface area (Å²) >= 11 is 5.27. The fourth-order valence-electron chi connectivity index (χ4n) is 0.520. The van der Waals surface area contributed by atoms with Crippen LogP contribution in [0.5, 0.6) is 0 Å². The first-order chi connectivity index (χ1) is 4.18. The molecule has 0 aliphatic heterocycles. The van der Waals surface area contributed by atoms with Gasteiger partial charge in [0.15, 0.2) is 0 Å². The van der Waals surface area contributed by atoms with Crippen molar-refractivity contribution in [2.24, 2.45) is 0 Å². The predicted molar refractivity (Wildman–Crippen MR) is 42.5 cm³/mol. The molecule has 1 aromatic rings. The molecular weight excluding hydrogens is 176 g/mol. The highest BCUT2D eigenvalue weighted by molar-refractivity contribution is 6.92. The lowest BCUT2D eigenvalue weighted by Gasteiger charge is -1.89. The van der Waals surface area contributed by atoms with Gasteiger partial charge in [0.1, 0.15) is 11.6 Å². The summed E-state index contributed by atoms with van der Waals surface area (Å²) in [7, 11) is 0. The minimum Gasteiger partial charge on any atom is -0.207 e. The Morgan fingerprint density at radius 1 is 1.00 bits per heavy atom. The minimum absolute atomic E-state index is 0. The first-order valence-electron chi connectivity index (χ1n) is 2.30. The smallest absolute Gasteiger partial charge is 0.127 e. The Labute approximate surface area is 65.8 Å². The van der Waals surface area contributed by atoms with Gasteiger partial charge in [0.25, 0.3) is 0 Å². The van der Waals surface area contributed by atoms with Crippen LogP contribution in [0.3, 0.4) is 0 Å². The van der Waals surface area contributed by atoms with E-state index in [4.69, 9.17) is 11.6 Å². The lowest BCUT2D eigenvalue weighted by Crippen LogP contribution is -1.76. The van der Waals surface area contributed by atoms with Crippen molar-refractivity contribution in [2.75, 3.05) is 0 Å². The molecule has 56 valence electrons. The molecule has 0 aliphatic carbocycles. The Morgan fingerprint density at radius 2 is 1.40 bits per heavy atom. The van der Waals surface area contributed by atoms with Crippen molar-refractivity contribution in [1.29, 1.82) is 0 Å². The van der Waals surface area contributed by atoms with Crippen molar-refractivity contribution < 1.29 is 8.78 Å². The standard InChI is InChI=1S/C6H3ClF2.H3P/c7-4-1-5(8)3-6(9)2-4;/h1-3H;1H3. The second-order valence-electron chi connectivity index (χ2n) is 1.59. The lowest BCUT2D eigenvalue weighted by atomic mass is 10.3. The van der Waals surface area contributed by atoms with Crippen molar-refractivity contribution in [3.63, 3.8) is 0 Å². The van der Waals surface area contributed by atoms with Gasteiger partial charge in [-0.1, -0.05) is 11.6 Å². The molecule has 1 unspecified atom stereocenters. The maximum atomic E-state index is 12.1. The summed E-state index contributed by atoms with van der Waals surface area (Å²) in [6.07, 6.45) is 0. The van der Waals surface area contributed by atoms with E-state index in [-0.39, 0.29) is 14.9 Å². The molecule has 0 amide bonds. The van der Waals surface area contributed by atoms with E-state index in [1.165, 1.54) is 0 Å². The van der Waals surface area contributed by atoms with Crippen LogP contribution in [0.4, 0.5) is 8.78 Å². The molecule has 0 radical (unpaired) electrons. The van der Waals surface area contributed by atoms with Crippen LogP contribution >= 0.6 is 21.5 Å². The van der Waals surface area contributed by atoms with E-state index in [0.29, 0.717) is 0 Å². The summed E-state index contributed by atoms with van der Waals surface area (Å²) in [6, 6.07) is 2.86. The molecule has 0 heterocycles. The van der Waals surface area contributed by atoms with Crippen LogP contribution in [-0.4, -0.2) is 0 Å². The molecule has 0 saturated heterocycles. The van der Waals surface area contributed by atoms with Gasteiger partial charge in [0.05, 0.1) is 0 Å². The minimum atomic E-state index is -0.653. The van der Waals surface area contributed by atoms with Crippen molar-refractivity contribution in [1.82, 2.24) is 0 Å². The van der Waals surface area contributed by atoms with E-state index in [2.05, 4.69) is 0 Å². The predicted octanol–water partition coefficient (Wildman–Crippen LogP) is 2.68. The zero-order chi connectivity index (χ0) is 6.85. The van der Waals surface area contributed by atoms with Gasteiger partial charge in [-0.2, -0.15) is 9.90 Å². The van der Waals surface area contributed by atoms with Crippen molar-refractivity contribution in [2.45, 2.75) is 0 Å². The number of rotatable bonds is 0. The zero-order valence-electron chi connectivity index (χ0n) is 5.07. The van der Waals surface area contributed by atoms with Crippen molar-refractivity contribution >= 4 is 21.5 Å². The molecule has 0 saturated carbocycles. The number of hydrogen-bond donors (Lipinski definition) is 0. The first-order valence-corrected chi connectivity index (χ1v) is 2.68. The molecule has 1 aromatic carbocycles. The zero-order valence-corrected chi connectivity index (χ0v) is 7.24. The average Bonchev–Trinajstić information content (AvgIpc) is 1.59. The Morgan fingerprint density at radius 3 is 1.70 bits per heavy atom. The Bertz CT molecular complexity index is 177.